The Labute approximate surface area is 117 Å². The fourth-order valence-electron chi connectivity index (χ4n) is 1.73. The minimum Gasteiger partial charge on any atom is -0.478 e. The minimum absolute atomic E-state index is 0.293. The van der Waals surface area contributed by atoms with E-state index in [0.717, 1.165) is 11.3 Å². The molecule has 1 aromatic heterocycles. The number of nitrogens with one attached hydrogen (secondary N) is 1. The molecule has 2 N–H and O–H groups in total. The summed E-state index contributed by atoms with van der Waals surface area (Å²) in [6.07, 6.45) is 3.66. The van der Waals surface area contributed by atoms with Gasteiger partial charge in [0.2, 0.25) is 0 Å². The third kappa shape index (κ3) is 3.83. The Morgan fingerprint density at radius 1 is 1.40 bits per heavy atom. The molecule has 0 aliphatic heterocycles. The zero-order valence-corrected chi connectivity index (χ0v) is 11.2. The largest absolute Gasteiger partial charge is 0.478 e. The lowest BCUT2D eigenvalue weighted by Gasteiger charge is -2.04. The molecule has 106 valence electrons. The monoisotopic (exact) mass is 275 g/mol. The first-order valence-corrected chi connectivity index (χ1v) is 6.26. The van der Waals surface area contributed by atoms with Crippen LogP contribution < -0.4 is 5.32 Å². The van der Waals surface area contributed by atoms with Crippen LogP contribution in [0, 0.1) is 0 Å². The van der Waals surface area contributed by atoms with Crippen LogP contribution in [-0.4, -0.2) is 34.6 Å². The molecule has 6 nitrogen and oxygen atoms in total. The number of rotatable bonds is 7. The Morgan fingerprint density at radius 2 is 2.15 bits per heavy atom. The van der Waals surface area contributed by atoms with E-state index in [2.05, 4.69) is 10.4 Å². The molecule has 0 radical (unpaired) electrons. The first kappa shape index (κ1) is 14.1. The first-order valence-electron chi connectivity index (χ1n) is 6.26. The van der Waals surface area contributed by atoms with E-state index in [0.29, 0.717) is 25.3 Å². The molecule has 2 rings (SSSR count). The summed E-state index contributed by atoms with van der Waals surface area (Å²) < 4.78 is 6.79. The number of benzene rings is 1. The van der Waals surface area contributed by atoms with Gasteiger partial charge in [0, 0.05) is 19.9 Å². The highest BCUT2D eigenvalue weighted by molar-refractivity contribution is 5.87. The number of carboxylic acid groups (broad SMARTS) is 1. The fourth-order valence-corrected chi connectivity index (χ4v) is 1.73. The summed E-state index contributed by atoms with van der Waals surface area (Å²) in [6, 6.07) is 6.79. The molecule has 0 unspecified atom stereocenters. The van der Waals surface area contributed by atoms with Crippen LogP contribution in [0.15, 0.2) is 36.7 Å². The lowest BCUT2D eigenvalue weighted by molar-refractivity contribution is 0.0697. The van der Waals surface area contributed by atoms with Gasteiger partial charge < -0.3 is 15.2 Å². The summed E-state index contributed by atoms with van der Waals surface area (Å²) in [4.78, 5) is 10.7. The summed E-state index contributed by atoms with van der Waals surface area (Å²) in [5.41, 5.74) is 2.23. The Kier molecular flexibility index (Phi) is 4.73. The van der Waals surface area contributed by atoms with Crippen molar-refractivity contribution >= 4 is 11.7 Å². The van der Waals surface area contributed by atoms with Crippen molar-refractivity contribution in [2.75, 3.05) is 19.0 Å². The van der Waals surface area contributed by atoms with E-state index >= 15 is 0 Å². The molecule has 0 amide bonds. The van der Waals surface area contributed by atoms with Crippen molar-refractivity contribution in [3.05, 3.63) is 47.8 Å². The summed E-state index contributed by atoms with van der Waals surface area (Å²) in [7, 11) is 1.66. The quantitative estimate of drug-likeness (QED) is 0.806. The van der Waals surface area contributed by atoms with Gasteiger partial charge in [-0.2, -0.15) is 5.10 Å². The molecule has 0 saturated heterocycles. The maximum Gasteiger partial charge on any atom is 0.335 e. The van der Waals surface area contributed by atoms with Gasteiger partial charge in [0.05, 0.1) is 30.6 Å². The molecule has 0 atom stereocenters. The van der Waals surface area contributed by atoms with E-state index < -0.39 is 5.97 Å². The SMILES string of the molecule is COCCn1cc(NCc2ccc(C(=O)O)cc2)cn1. The third-order valence-corrected chi connectivity index (χ3v) is 2.86. The third-order valence-electron chi connectivity index (χ3n) is 2.86. The summed E-state index contributed by atoms with van der Waals surface area (Å²) in [5, 5.41) is 16.3. The smallest absolute Gasteiger partial charge is 0.335 e. The van der Waals surface area contributed by atoms with Gasteiger partial charge in [-0.1, -0.05) is 12.1 Å². The Balaban J connectivity index is 1.88. The predicted octanol–water partition coefficient (Wildman–Crippen LogP) is 1.84. The molecule has 20 heavy (non-hydrogen) atoms. The van der Waals surface area contributed by atoms with Gasteiger partial charge in [-0.15, -0.1) is 0 Å². The van der Waals surface area contributed by atoms with Crippen molar-refractivity contribution in [2.45, 2.75) is 13.1 Å². The zero-order chi connectivity index (χ0) is 14.4. The van der Waals surface area contributed by atoms with Crippen molar-refractivity contribution in [2.24, 2.45) is 0 Å². The Bertz CT molecular complexity index is 563. The minimum atomic E-state index is -0.913. The average molecular weight is 275 g/mol. The van der Waals surface area contributed by atoms with Crippen LogP contribution >= 0.6 is 0 Å². The molecular formula is C14H17N3O3. The molecule has 6 heteroatoms. The van der Waals surface area contributed by atoms with E-state index in [1.54, 1.807) is 42.3 Å². The van der Waals surface area contributed by atoms with E-state index in [1.807, 2.05) is 6.20 Å². The average Bonchev–Trinajstić information content (AvgIpc) is 2.91. The highest BCUT2D eigenvalue weighted by Gasteiger charge is 2.02. The van der Waals surface area contributed by atoms with Gasteiger partial charge in [-0.3, -0.25) is 4.68 Å². The molecule has 0 aliphatic carbocycles. The van der Waals surface area contributed by atoms with E-state index in [9.17, 15) is 4.79 Å². The van der Waals surface area contributed by atoms with Crippen molar-refractivity contribution in [1.29, 1.82) is 0 Å². The Morgan fingerprint density at radius 3 is 2.80 bits per heavy atom. The number of anilines is 1. The fraction of sp³-hybridized carbons (Fsp3) is 0.286. The second-order valence-electron chi connectivity index (χ2n) is 4.34. The molecule has 1 aromatic carbocycles. The van der Waals surface area contributed by atoms with E-state index in [-0.39, 0.29) is 0 Å². The lowest BCUT2D eigenvalue weighted by atomic mass is 10.1. The number of hydrogen-bond donors (Lipinski definition) is 2. The van der Waals surface area contributed by atoms with Crippen molar-refractivity contribution in [3.8, 4) is 0 Å². The first-order chi connectivity index (χ1) is 9.69. The van der Waals surface area contributed by atoms with Gasteiger partial charge in [0.15, 0.2) is 0 Å². The second-order valence-corrected chi connectivity index (χ2v) is 4.34. The van der Waals surface area contributed by atoms with Crippen LogP contribution in [-0.2, 0) is 17.8 Å². The number of hydrogen-bond acceptors (Lipinski definition) is 4. The molecule has 0 bridgehead atoms. The second kappa shape index (κ2) is 6.72. The van der Waals surface area contributed by atoms with E-state index in [1.165, 1.54) is 0 Å². The number of ether oxygens (including phenoxy) is 1. The van der Waals surface area contributed by atoms with Crippen LogP contribution in [0.5, 0.6) is 0 Å². The van der Waals surface area contributed by atoms with Crippen molar-refractivity contribution in [1.82, 2.24) is 9.78 Å². The molecule has 0 aliphatic rings. The van der Waals surface area contributed by atoms with Crippen LogP contribution in [0.25, 0.3) is 0 Å². The lowest BCUT2D eigenvalue weighted by Crippen LogP contribution is -2.04. The standard InChI is InChI=1S/C14H17N3O3/c1-20-7-6-17-10-13(9-16-17)15-8-11-2-4-12(5-3-11)14(18)19/h2-5,9-10,15H,6-8H2,1H3,(H,18,19). The maximum atomic E-state index is 10.7. The number of aromatic carboxylic acids is 1. The van der Waals surface area contributed by atoms with Gasteiger partial charge in [0.25, 0.3) is 0 Å². The van der Waals surface area contributed by atoms with Gasteiger partial charge in [-0.25, -0.2) is 4.79 Å². The highest BCUT2D eigenvalue weighted by atomic mass is 16.5. The van der Waals surface area contributed by atoms with E-state index in [4.69, 9.17) is 9.84 Å². The van der Waals surface area contributed by atoms with Crippen LogP contribution in [0.4, 0.5) is 5.69 Å². The number of aromatic nitrogens is 2. The molecule has 1 heterocycles. The van der Waals surface area contributed by atoms with Gasteiger partial charge in [0.1, 0.15) is 0 Å². The summed E-state index contributed by atoms with van der Waals surface area (Å²) in [6.45, 7) is 1.96. The van der Waals surface area contributed by atoms with Crippen LogP contribution in [0.3, 0.4) is 0 Å². The zero-order valence-electron chi connectivity index (χ0n) is 11.2. The summed E-state index contributed by atoms with van der Waals surface area (Å²) in [5.74, 6) is -0.913. The topological polar surface area (TPSA) is 76.4 Å². The number of methoxy groups -OCH3 is 1. The van der Waals surface area contributed by atoms with Crippen molar-refractivity contribution < 1.29 is 14.6 Å². The predicted molar refractivity (Wildman–Crippen MR) is 74.8 cm³/mol. The number of carboxylic acids is 1. The summed E-state index contributed by atoms with van der Waals surface area (Å²) >= 11 is 0. The Hall–Kier alpha value is -2.34. The maximum absolute atomic E-state index is 10.7. The molecule has 0 spiro atoms. The van der Waals surface area contributed by atoms with Crippen LogP contribution in [0.2, 0.25) is 0 Å². The molecule has 0 fully saturated rings. The van der Waals surface area contributed by atoms with Crippen LogP contribution in [0.1, 0.15) is 15.9 Å². The number of carbonyl (C=O) groups is 1. The van der Waals surface area contributed by atoms with Gasteiger partial charge in [-0.05, 0) is 17.7 Å². The normalized spacial score (nSPS) is 10.4. The highest BCUT2D eigenvalue weighted by Crippen LogP contribution is 2.09. The molecule has 2 aromatic rings. The molecular weight excluding hydrogens is 258 g/mol. The number of nitrogens with zero attached hydrogens (tertiary/aromatic N) is 2. The van der Waals surface area contributed by atoms with Crippen molar-refractivity contribution in [3.63, 3.8) is 0 Å². The van der Waals surface area contributed by atoms with Gasteiger partial charge >= 0.3 is 5.97 Å². The molecule has 0 saturated carbocycles.